The van der Waals surface area contributed by atoms with E-state index < -0.39 is 12.6 Å². The topological polar surface area (TPSA) is 76.1 Å². The Morgan fingerprint density at radius 1 is 1.33 bits per heavy atom. The van der Waals surface area contributed by atoms with Gasteiger partial charge in [-0.2, -0.15) is 0 Å². The second-order valence-corrected chi connectivity index (χ2v) is 7.00. The zero-order valence-corrected chi connectivity index (χ0v) is 14.9. The third kappa shape index (κ3) is 4.26. The van der Waals surface area contributed by atoms with E-state index >= 15 is 0 Å². The number of morpholine rings is 1. The zero-order chi connectivity index (χ0) is 18.1. The van der Waals surface area contributed by atoms with Gasteiger partial charge in [0.15, 0.2) is 6.61 Å². The maximum absolute atomic E-state index is 12.9. The largest absolute Gasteiger partial charge is 0.481 e. The zero-order valence-electron chi connectivity index (χ0n) is 14.9. The molecule has 1 unspecified atom stereocenters. The second-order valence-electron chi connectivity index (χ2n) is 7.00. The van der Waals surface area contributed by atoms with Crippen LogP contribution in [-0.2, 0) is 9.53 Å². The number of hydrogen-bond acceptors (Lipinski definition) is 4. The molecule has 2 rings (SSSR count). The number of rotatable bonds is 4. The number of aliphatic carboxylic acids is 1. The Morgan fingerprint density at radius 2 is 1.92 bits per heavy atom. The number of nitrogens with zero attached hydrogens (tertiary/aromatic N) is 1. The molecule has 1 saturated heterocycles. The van der Waals surface area contributed by atoms with Crippen molar-refractivity contribution in [1.82, 2.24) is 4.90 Å². The molecule has 1 fully saturated rings. The number of benzene rings is 1. The highest BCUT2D eigenvalue weighted by molar-refractivity contribution is 5.95. The van der Waals surface area contributed by atoms with Crippen molar-refractivity contribution in [2.75, 3.05) is 19.7 Å². The number of carboxylic acid groups (broad SMARTS) is 1. The first-order valence-electron chi connectivity index (χ1n) is 8.02. The van der Waals surface area contributed by atoms with Crippen molar-refractivity contribution in [2.45, 2.75) is 46.3 Å². The number of hydrogen-bond donors (Lipinski definition) is 1. The van der Waals surface area contributed by atoms with E-state index in [1.807, 2.05) is 34.6 Å². The van der Waals surface area contributed by atoms with Gasteiger partial charge in [-0.15, -0.1) is 0 Å². The van der Waals surface area contributed by atoms with Crippen LogP contribution in [0.2, 0.25) is 0 Å². The van der Waals surface area contributed by atoms with Crippen LogP contribution in [0.15, 0.2) is 12.1 Å². The minimum Gasteiger partial charge on any atom is -0.481 e. The van der Waals surface area contributed by atoms with Gasteiger partial charge in [0.25, 0.3) is 5.91 Å². The van der Waals surface area contributed by atoms with Gasteiger partial charge >= 0.3 is 5.97 Å². The monoisotopic (exact) mass is 335 g/mol. The molecule has 1 aromatic rings. The van der Waals surface area contributed by atoms with Crippen molar-refractivity contribution in [2.24, 2.45) is 0 Å². The lowest BCUT2D eigenvalue weighted by Gasteiger charge is -2.41. The standard InChI is InChI=1S/C18H25NO5/c1-11-6-14(7-12(2)16(11)23-9-15(20)21)17(22)19-8-13(3)24-18(4,5)10-19/h6-7,13H,8-10H2,1-5H3,(H,20,21). The van der Waals surface area contributed by atoms with Crippen LogP contribution in [0.4, 0.5) is 0 Å². The fraction of sp³-hybridized carbons (Fsp3) is 0.556. The van der Waals surface area contributed by atoms with E-state index in [0.717, 1.165) is 11.1 Å². The summed E-state index contributed by atoms with van der Waals surface area (Å²) in [6, 6.07) is 3.50. The molecule has 1 aliphatic heterocycles. The fourth-order valence-electron chi connectivity index (χ4n) is 3.23. The molecule has 0 aliphatic carbocycles. The highest BCUT2D eigenvalue weighted by Crippen LogP contribution is 2.27. The molecule has 0 spiro atoms. The normalized spacial score (nSPS) is 19.9. The van der Waals surface area contributed by atoms with Gasteiger partial charge in [-0.25, -0.2) is 4.79 Å². The quantitative estimate of drug-likeness (QED) is 0.914. The number of carboxylic acids is 1. The number of aryl methyl sites for hydroxylation is 2. The van der Waals surface area contributed by atoms with E-state index in [1.165, 1.54) is 0 Å². The highest BCUT2D eigenvalue weighted by atomic mass is 16.5. The third-order valence-electron chi connectivity index (χ3n) is 3.90. The van der Waals surface area contributed by atoms with Crippen LogP contribution < -0.4 is 4.74 Å². The van der Waals surface area contributed by atoms with E-state index in [2.05, 4.69) is 0 Å². The molecule has 0 bridgehead atoms. The molecule has 1 heterocycles. The smallest absolute Gasteiger partial charge is 0.341 e. The minimum absolute atomic E-state index is 0.0157. The summed E-state index contributed by atoms with van der Waals surface area (Å²) >= 11 is 0. The number of amides is 1. The van der Waals surface area contributed by atoms with E-state index in [1.54, 1.807) is 17.0 Å². The van der Waals surface area contributed by atoms with Gasteiger partial charge < -0.3 is 19.5 Å². The summed E-state index contributed by atoms with van der Waals surface area (Å²) in [6.07, 6.45) is -0.0157. The summed E-state index contributed by atoms with van der Waals surface area (Å²) in [7, 11) is 0. The molecule has 0 saturated carbocycles. The molecule has 6 nitrogen and oxygen atoms in total. The first-order chi connectivity index (χ1) is 11.1. The van der Waals surface area contributed by atoms with Gasteiger partial charge in [-0.1, -0.05) is 0 Å². The molecular formula is C18H25NO5. The molecule has 1 aromatic carbocycles. The summed E-state index contributed by atoms with van der Waals surface area (Å²) in [5.74, 6) is -0.558. The summed E-state index contributed by atoms with van der Waals surface area (Å²) in [5, 5.41) is 8.75. The first kappa shape index (κ1) is 18.3. The lowest BCUT2D eigenvalue weighted by molar-refractivity contribution is -0.139. The fourth-order valence-corrected chi connectivity index (χ4v) is 3.23. The lowest BCUT2D eigenvalue weighted by atomic mass is 10.0. The van der Waals surface area contributed by atoms with E-state index in [9.17, 15) is 9.59 Å². The van der Waals surface area contributed by atoms with Gasteiger partial charge in [-0.05, 0) is 57.9 Å². The van der Waals surface area contributed by atoms with Crippen molar-refractivity contribution < 1.29 is 24.2 Å². The molecule has 24 heavy (non-hydrogen) atoms. The average molecular weight is 335 g/mol. The Labute approximate surface area is 142 Å². The predicted molar refractivity (Wildman–Crippen MR) is 89.6 cm³/mol. The molecule has 1 atom stereocenters. The minimum atomic E-state index is -1.03. The molecule has 0 radical (unpaired) electrons. The Balaban J connectivity index is 2.22. The second kappa shape index (κ2) is 6.81. The predicted octanol–water partition coefficient (Wildman–Crippen LogP) is 2.41. The van der Waals surface area contributed by atoms with E-state index in [0.29, 0.717) is 24.4 Å². The van der Waals surface area contributed by atoms with Crippen LogP contribution in [0.5, 0.6) is 5.75 Å². The molecule has 132 valence electrons. The summed E-state index contributed by atoms with van der Waals surface area (Å²) in [6.45, 7) is 10.2. The van der Waals surface area contributed by atoms with Crippen LogP contribution in [-0.4, -0.2) is 53.3 Å². The molecule has 6 heteroatoms. The lowest BCUT2D eigenvalue weighted by Crippen LogP contribution is -2.53. The van der Waals surface area contributed by atoms with Gasteiger partial charge in [0.2, 0.25) is 0 Å². The molecule has 0 aromatic heterocycles. The van der Waals surface area contributed by atoms with Crippen molar-refractivity contribution in [3.63, 3.8) is 0 Å². The maximum Gasteiger partial charge on any atom is 0.341 e. The van der Waals surface area contributed by atoms with Crippen LogP contribution in [0.25, 0.3) is 0 Å². The molecule has 1 N–H and O–H groups in total. The van der Waals surface area contributed by atoms with Crippen LogP contribution in [0.1, 0.15) is 42.3 Å². The van der Waals surface area contributed by atoms with Crippen LogP contribution >= 0.6 is 0 Å². The number of carbonyl (C=O) groups is 2. The highest BCUT2D eigenvalue weighted by Gasteiger charge is 2.34. The SMILES string of the molecule is Cc1cc(C(=O)N2CC(C)OC(C)(C)C2)cc(C)c1OCC(=O)O. The van der Waals surface area contributed by atoms with Gasteiger partial charge in [0, 0.05) is 18.7 Å². The Morgan fingerprint density at radius 3 is 2.42 bits per heavy atom. The molecule has 1 amide bonds. The Bertz CT molecular complexity index is 630. The molecule has 1 aliphatic rings. The van der Waals surface area contributed by atoms with Crippen molar-refractivity contribution >= 4 is 11.9 Å². The third-order valence-corrected chi connectivity index (χ3v) is 3.90. The van der Waals surface area contributed by atoms with Gasteiger partial charge in [-0.3, -0.25) is 4.79 Å². The van der Waals surface area contributed by atoms with Crippen molar-refractivity contribution in [3.8, 4) is 5.75 Å². The van der Waals surface area contributed by atoms with E-state index in [-0.39, 0.29) is 17.6 Å². The first-order valence-corrected chi connectivity index (χ1v) is 8.02. The maximum atomic E-state index is 12.9. The summed E-state index contributed by atoms with van der Waals surface area (Å²) in [4.78, 5) is 25.3. The van der Waals surface area contributed by atoms with Crippen LogP contribution in [0.3, 0.4) is 0 Å². The number of carbonyl (C=O) groups excluding carboxylic acids is 1. The average Bonchev–Trinajstić information content (AvgIpc) is 2.42. The summed E-state index contributed by atoms with van der Waals surface area (Å²) < 4.78 is 11.2. The number of ether oxygens (including phenoxy) is 2. The van der Waals surface area contributed by atoms with Gasteiger partial charge in [0.1, 0.15) is 5.75 Å². The van der Waals surface area contributed by atoms with Crippen molar-refractivity contribution in [1.29, 1.82) is 0 Å². The van der Waals surface area contributed by atoms with Gasteiger partial charge in [0.05, 0.1) is 11.7 Å². The van der Waals surface area contributed by atoms with E-state index in [4.69, 9.17) is 14.6 Å². The van der Waals surface area contributed by atoms with Crippen LogP contribution in [0, 0.1) is 13.8 Å². The van der Waals surface area contributed by atoms with Crippen molar-refractivity contribution in [3.05, 3.63) is 28.8 Å². The summed E-state index contributed by atoms with van der Waals surface area (Å²) in [5.41, 5.74) is 1.71. The molecular weight excluding hydrogens is 310 g/mol. The Hall–Kier alpha value is -2.08. The Kier molecular flexibility index (Phi) is 5.18.